The predicted octanol–water partition coefficient (Wildman–Crippen LogP) is 1.85. The zero-order valence-electron chi connectivity index (χ0n) is 9.48. The van der Waals surface area contributed by atoms with E-state index in [9.17, 15) is 0 Å². The lowest BCUT2D eigenvalue weighted by atomic mass is 10.0. The number of fused-ring (bicyclic) bond motifs is 1. The maximum Gasteiger partial charge on any atom is 0.110 e. The van der Waals surface area contributed by atoms with E-state index in [4.69, 9.17) is 0 Å². The minimum Gasteiger partial charge on any atom is -0.309 e. The van der Waals surface area contributed by atoms with Gasteiger partial charge in [0.05, 0.1) is 23.4 Å². The Hall–Kier alpha value is -1.42. The molecule has 0 amide bonds. The smallest absolute Gasteiger partial charge is 0.110 e. The summed E-state index contributed by atoms with van der Waals surface area (Å²) in [6.07, 6.45) is 9.44. The summed E-state index contributed by atoms with van der Waals surface area (Å²) in [7, 11) is 0. The molecule has 0 aromatic carbocycles. The van der Waals surface area contributed by atoms with Crippen LogP contribution in [0.25, 0.3) is 5.52 Å². The molecule has 1 saturated heterocycles. The third-order valence-electron chi connectivity index (χ3n) is 3.29. The molecule has 4 heteroatoms. The third kappa shape index (κ3) is 1.50. The van der Waals surface area contributed by atoms with Crippen molar-refractivity contribution in [1.29, 1.82) is 0 Å². The van der Waals surface area contributed by atoms with E-state index in [2.05, 4.69) is 19.7 Å². The maximum absolute atomic E-state index is 4.67. The highest BCUT2D eigenvalue weighted by molar-refractivity contribution is 5.52. The van der Waals surface area contributed by atoms with Gasteiger partial charge in [0.2, 0.25) is 0 Å². The number of hydrogen-bond acceptors (Lipinski definition) is 3. The summed E-state index contributed by atoms with van der Waals surface area (Å²) in [4.78, 5) is 8.87. The molecule has 0 bridgehead atoms. The van der Waals surface area contributed by atoms with E-state index < -0.39 is 0 Å². The fourth-order valence-electron chi connectivity index (χ4n) is 2.46. The van der Waals surface area contributed by atoms with Crippen LogP contribution in [0.5, 0.6) is 0 Å². The summed E-state index contributed by atoms with van der Waals surface area (Å²) >= 11 is 0. The van der Waals surface area contributed by atoms with Gasteiger partial charge in [0.15, 0.2) is 0 Å². The highest BCUT2D eigenvalue weighted by Gasteiger charge is 2.20. The van der Waals surface area contributed by atoms with Crippen LogP contribution >= 0.6 is 0 Å². The molecule has 0 radical (unpaired) electrons. The number of piperidine rings is 1. The second-order valence-electron chi connectivity index (χ2n) is 4.38. The first-order valence-corrected chi connectivity index (χ1v) is 5.88. The molecule has 1 aliphatic heterocycles. The van der Waals surface area contributed by atoms with Crippen molar-refractivity contribution in [2.24, 2.45) is 0 Å². The summed E-state index contributed by atoms with van der Waals surface area (Å²) in [6.45, 7) is 3.14. The van der Waals surface area contributed by atoms with Crippen LogP contribution in [0, 0.1) is 6.92 Å². The van der Waals surface area contributed by atoms with Crippen molar-refractivity contribution in [3.63, 3.8) is 0 Å². The number of nitrogens with zero attached hydrogens (tertiary/aromatic N) is 3. The van der Waals surface area contributed by atoms with E-state index in [0.29, 0.717) is 6.04 Å². The van der Waals surface area contributed by atoms with Gasteiger partial charge in [-0.25, -0.2) is 4.98 Å². The molecule has 1 N–H and O–H groups in total. The monoisotopic (exact) mass is 216 g/mol. The summed E-state index contributed by atoms with van der Waals surface area (Å²) in [5, 5.41) is 3.54. The van der Waals surface area contributed by atoms with Crippen molar-refractivity contribution in [1.82, 2.24) is 19.7 Å². The molecular weight excluding hydrogens is 200 g/mol. The van der Waals surface area contributed by atoms with E-state index in [1.54, 1.807) is 6.20 Å². The zero-order chi connectivity index (χ0) is 11.0. The van der Waals surface area contributed by atoms with Crippen LogP contribution in [-0.2, 0) is 0 Å². The van der Waals surface area contributed by atoms with Crippen molar-refractivity contribution in [3.05, 3.63) is 30.1 Å². The van der Waals surface area contributed by atoms with E-state index in [0.717, 1.165) is 23.6 Å². The molecule has 0 spiro atoms. The number of imidazole rings is 1. The molecule has 1 aliphatic rings. The molecule has 2 aromatic rings. The normalized spacial score (nSPS) is 21.4. The molecule has 4 nitrogen and oxygen atoms in total. The third-order valence-corrected chi connectivity index (χ3v) is 3.29. The van der Waals surface area contributed by atoms with Crippen molar-refractivity contribution in [2.45, 2.75) is 32.2 Å². The second-order valence-corrected chi connectivity index (χ2v) is 4.38. The Morgan fingerprint density at radius 2 is 2.38 bits per heavy atom. The first-order chi connectivity index (χ1) is 7.86. The van der Waals surface area contributed by atoms with Crippen molar-refractivity contribution < 1.29 is 0 Å². The summed E-state index contributed by atoms with van der Waals surface area (Å²) < 4.78 is 2.11. The topological polar surface area (TPSA) is 42.2 Å². The van der Waals surface area contributed by atoms with Crippen molar-refractivity contribution in [3.8, 4) is 0 Å². The average Bonchev–Trinajstić information content (AvgIpc) is 2.69. The molecule has 3 rings (SSSR count). The molecule has 0 aliphatic carbocycles. The van der Waals surface area contributed by atoms with Gasteiger partial charge in [-0.1, -0.05) is 6.42 Å². The number of rotatable bonds is 1. The molecular formula is C12H16N4. The van der Waals surface area contributed by atoms with Crippen LogP contribution in [-0.4, -0.2) is 20.9 Å². The summed E-state index contributed by atoms with van der Waals surface area (Å²) in [6, 6.07) is 0.404. The fourth-order valence-corrected chi connectivity index (χ4v) is 2.46. The van der Waals surface area contributed by atoms with E-state index in [-0.39, 0.29) is 0 Å². The molecule has 0 saturated carbocycles. The minimum absolute atomic E-state index is 0.404. The maximum atomic E-state index is 4.67. The largest absolute Gasteiger partial charge is 0.309 e. The number of aryl methyl sites for hydroxylation is 1. The Bertz CT molecular complexity index is 497. The molecule has 1 atom stereocenters. The van der Waals surface area contributed by atoms with Crippen LogP contribution in [0.4, 0.5) is 0 Å². The fraction of sp³-hybridized carbons (Fsp3) is 0.500. The lowest BCUT2D eigenvalue weighted by molar-refractivity contribution is 0.408. The molecule has 84 valence electrons. The lowest BCUT2D eigenvalue weighted by Crippen LogP contribution is -2.27. The first kappa shape index (κ1) is 9.78. The van der Waals surface area contributed by atoms with Crippen LogP contribution in [0.1, 0.15) is 36.8 Å². The van der Waals surface area contributed by atoms with Gasteiger partial charge in [0, 0.05) is 12.4 Å². The van der Waals surface area contributed by atoms with Crippen LogP contribution in [0.3, 0.4) is 0 Å². The average molecular weight is 216 g/mol. The van der Waals surface area contributed by atoms with Crippen LogP contribution < -0.4 is 5.32 Å². The Morgan fingerprint density at radius 3 is 3.19 bits per heavy atom. The Labute approximate surface area is 94.7 Å². The molecule has 16 heavy (non-hydrogen) atoms. The van der Waals surface area contributed by atoms with Gasteiger partial charge in [0.1, 0.15) is 5.82 Å². The van der Waals surface area contributed by atoms with E-state index >= 15 is 0 Å². The quantitative estimate of drug-likeness (QED) is 0.791. The summed E-state index contributed by atoms with van der Waals surface area (Å²) in [5.41, 5.74) is 2.30. The zero-order valence-corrected chi connectivity index (χ0v) is 9.48. The highest BCUT2D eigenvalue weighted by atomic mass is 15.1. The number of hydrogen-bond donors (Lipinski definition) is 1. The number of nitrogens with one attached hydrogen (secondary N) is 1. The Kier molecular flexibility index (Phi) is 2.36. The lowest BCUT2D eigenvalue weighted by Gasteiger charge is -2.21. The Morgan fingerprint density at radius 1 is 1.44 bits per heavy atom. The standard InChI is InChI=1S/C12H16N4/c1-9-15-12(10-4-2-3-5-14-10)11-8-13-6-7-16(9)11/h6-8,10,14H,2-5H2,1H3. The van der Waals surface area contributed by atoms with Gasteiger partial charge < -0.3 is 9.72 Å². The summed E-state index contributed by atoms with van der Waals surface area (Å²) in [5.74, 6) is 1.04. The molecule has 3 heterocycles. The van der Waals surface area contributed by atoms with Gasteiger partial charge in [0.25, 0.3) is 0 Å². The van der Waals surface area contributed by atoms with Crippen LogP contribution in [0.15, 0.2) is 18.6 Å². The van der Waals surface area contributed by atoms with Crippen LogP contribution in [0.2, 0.25) is 0 Å². The van der Waals surface area contributed by atoms with Crippen molar-refractivity contribution in [2.75, 3.05) is 6.54 Å². The minimum atomic E-state index is 0.404. The molecule has 1 unspecified atom stereocenters. The van der Waals surface area contributed by atoms with E-state index in [1.165, 1.54) is 19.3 Å². The Balaban J connectivity index is 2.08. The second kappa shape index (κ2) is 3.87. The SMILES string of the molecule is Cc1nc(C2CCCCN2)c2cnccn12. The van der Waals surface area contributed by atoms with Gasteiger partial charge in [-0.15, -0.1) is 0 Å². The van der Waals surface area contributed by atoms with Gasteiger partial charge >= 0.3 is 0 Å². The van der Waals surface area contributed by atoms with E-state index in [1.807, 2.05) is 19.3 Å². The first-order valence-electron chi connectivity index (χ1n) is 5.88. The van der Waals surface area contributed by atoms with Gasteiger partial charge in [-0.05, 0) is 26.3 Å². The molecule has 2 aromatic heterocycles. The van der Waals surface area contributed by atoms with Gasteiger partial charge in [-0.3, -0.25) is 4.98 Å². The number of aromatic nitrogens is 3. The predicted molar refractivity (Wildman–Crippen MR) is 62.3 cm³/mol. The molecule has 1 fully saturated rings. The van der Waals surface area contributed by atoms with Crippen molar-refractivity contribution >= 4 is 5.52 Å². The highest BCUT2D eigenvalue weighted by Crippen LogP contribution is 2.25. The van der Waals surface area contributed by atoms with Gasteiger partial charge in [-0.2, -0.15) is 0 Å².